The number of Topliss-reactive ketones (excluding diaryl/α,β-unsaturated/α-hetero) is 1. The van der Waals surface area contributed by atoms with Crippen LogP contribution in [0.2, 0.25) is 0 Å². The quantitative estimate of drug-likeness (QED) is 0.404. The summed E-state index contributed by atoms with van der Waals surface area (Å²) in [5.74, 6) is -2.10. The molecule has 0 aliphatic carbocycles. The fourth-order valence-electron chi connectivity index (χ4n) is 3.07. The highest BCUT2D eigenvalue weighted by atomic mass is 19.1. The molecule has 0 saturated carbocycles. The molecule has 4 rings (SSSR count). The average molecular weight is 390 g/mol. The van der Waals surface area contributed by atoms with E-state index in [1.165, 1.54) is 24.4 Å². The second-order valence-electron chi connectivity index (χ2n) is 6.38. The third-order valence-electron chi connectivity index (χ3n) is 4.41. The van der Waals surface area contributed by atoms with Crippen molar-refractivity contribution < 1.29 is 14.0 Å². The van der Waals surface area contributed by atoms with Crippen molar-refractivity contribution in [2.24, 2.45) is 0 Å². The van der Waals surface area contributed by atoms with Gasteiger partial charge in [0, 0.05) is 35.9 Å². The summed E-state index contributed by atoms with van der Waals surface area (Å²) in [6.07, 6.45) is 2.82. The molecule has 2 aromatic heterocycles. The summed E-state index contributed by atoms with van der Waals surface area (Å²) in [6.45, 7) is 0.406. The van der Waals surface area contributed by atoms with Gasteiger partial charge in [-0.25, -0.2) is 9.37 Å². The molecule has 8 heteroatoms. The maximum absolute atomic E-state index is 13.2. The highest BCUT2D eigenvalue weighted by Crippen LogP contribution is 2.23. The Kier molecular flexibility index (Phi) is 4.74. The summed E-state index contributed by atoms with van der Waals surface area (Å²) in [5.41, 5.74) is 1.39. The van der Waals surface area contributed by atoms with Crippen LogP contribution < -0.4 is 10.9 Å². The number of hydrogen-bond donors (Lipinski definition) is 2. The normalized spacial score (nSPS) is 10.8. The van der Waals surface area contributed by atoms with Crippen LogP contribution in [0.15, 0.2) is 71.8 Å². The lowest BCUT2D eigenvalue weighted by molar-refractivity contribution is -0.112. The number of benzene rings is 2. The lowest BCUT2D eigenvalue weighted by Gasteiger charge is -2.05. The molecule has 2 heterocycles. The molecule has 0 saturated heterocycles. The molecule has 2 N–H and O–H groups in total. The molecule has 0 fully saturated rings. The van der Waals surface area contributed by atoms with E-state index < -0.39 is 17.2 Å². The number of halogens is 1. The molecule has 0 unspecified atom stereocenters. The summed E-state index contributed by atoms with van der Waals surface area (Å²) in [4.78, 5) is 42.6. The number of carbonyl (C=O) groups excluding carboxylic acids is 2. The second kappa shape index (κ2) is 7.51. The van der Waals surface area contributed by atoms with Crippen molar-refractivity contribution in [1.82, 2.24) is 14.5 Å². The summed E-state index contributed by atoms with van der Waals surface area (Å²) in [7, 11) is 0. The summed E-state index contributed by atoms with van der Waals surface area (Å²) in [5, 5.41) is 2.92. The summed E-state index contributed by atoms with van der Waals surface area (Å²) < 4.78 is 15.0. The van der Waals surface area contributed by atoms with Gasteiger partial charge in [0.1, 0.15) is 5.82 Å². The number of rotatable bonds is 5. The van der Waals surface area contributed by atoms with Crippen molar-refractivity contribution in [1.29, 1.82) is 0 Å². The standard InChI is InChI=1S/C21H15FN4O3/c22-14-7-5-13(6-8-14)11-26-12-16(15-3-1-2-4-17(15)26)19(28)20(29)25-21-23-10-9-18(27)24-21/h1-10,12H,11H2,(H2,23,24,25,27,29). The molecule has 0 atom stereocenters. The average Bonchev–Trinajstić information content (AvgIpc) is 3.08. The van der Waals surface area contributed by atoms with Gasteiger partial charge >= 0.3 is 0 Å². The van der Waals surface area contributed by atoms with Crippen molar-refractivity contribution in [3.63, 3.8) is 0 Å². The van der Waals surface area contributed by atoms with Gasteiger partial charge in [-0.1, -0.05) is 30.3 Å². The predicted molar refractivity (Wildman–Crippen MR) is 105 cm³/mol. The van der Waals surface area contributed by atoms with E-state index in [2.05, 4.69) is 15.3 Å². The van der Waals surface area contributed by atoms with Crippen LogP contribution in [-0.4, -0.2) is 26.2 Å². The van der Waals surface area contributed by atoms with Gasteiger partial charge in [0.25, 0.3) is 17.2 Å². The smallest absolute Gasteiger partial charge is 0.299 e. The number of para-hydroxylation sites is 1. The molecule has 2 aromatic carbocycles. The van der Waals surface area contributed by atoms with Gasteiger partial charge in [-0.2, -0.15) is 0 Å². The van der Waals surface area contributed by atoms with Gasteiger partial charge < -0.3 is 4.57 Å². The number of anilines is 1. The second-order valence-corrected chi connectivity index (χ2v) is 6.38. The monoisotopic (exact) mass is 390 g/mol. The molecule has 7 nitrogen and oxygen atoms in total. The number of amides is 1. The maximum Gasteiger partial charge on any atom is 0.299 e. The molecule has 0 aliphatic rings. The number of hydrogen-bond acceptors (Lipinski definition) is 4. The van der Waals surface area contributed by atoms with Crippen LogP contribution in [0.3, 0.4) is 0 Å². The number of H-pyrrole nitrogens is 1. The largest absolute Gasteiger partial charge is 0.342 e. The Morgan fingerprint density at radius 2 is 1.83 bits per heavy atom. The molecule has 29 heavy (non-hydrogen) atoms. The Morgan fingerprint density at radius 1 is 1.07 bits per heavy atom. The molecule has 0 aliphatic heterocycles. The predicted octanol–water partition coefficient (Wildman–Crippen LogP) is 2.73. The molecule has 144 valence electrons. The number of carbonyl (C=O) groups is 2. The minimum atomic E-state index is -0.913. The lowest BCUT2D eigenvalue weighted by atomic mass is 10.1. The highest BCUT2D eigenvalue weighted by molar-refractivity contribution is 6.48. The maximum atomic E-state index is 13.2. The van der Waals surface area contributed by atoms with E-state index in [-0.39, 0.29) is 17.3 Å². The Hall–Kier alpha value is -4.07. The van der Waals surface area contributed by atoms with Crippen molar-refractivity contribution in [3.05, 3.63) is 94.3 Å². The zero-order valence-electron chi connectivity index (χ0n) is 15.1. The van der Waals surface area contributed by atoms with E-state index in [0.717, 1.165) is 11.1 Å². The molecule has 0 bridgehead atoms. The van der Waals surface area contributed by atoms with Crippen LogP contribution >= 0.6 is 0 Å². The van der Waals surface area contributed by atoms with Crippen molar-refractivity contribution in [3.8, 4) is 0 Å². The SMILES string of the molecule is O=C(Nc1nccc(=O)[nH]1)C(=O)c1cn(Cc2ccc(F)cc2)c2ccccc12. The van der Waals surface area contributed by atoms with E-state index in [1.54, 1.807) is 30.5 Å². The van der Waals surface area contributed by atoms with E-state index >= 15 is 0 Å². The lowest BCUT2D eigenvalue weighted by Crippen LogP contribution is -2.25. The first-order valence-electron chi connectivity index (χ1n) is 8.74. The molecule has 0 radical (unpaired) electrons. The van der Waals surface area contributed by atoms with Crippen LogP contribution in [0.5, 0.6) is 0 Å². The number of aromatic nitrogens is 3. The molecular weight excluding hydrogens is 375 g/mol. The van der Waals surface area contributed by atoms with E-state index in [4.69, 9.17) is 0 Å². The molecule has 0 spiro atoms. The first kappa shape index (κ1) is 18.3. The Bertz CT molecular complexity index is 1280. The van der Waals surface area contributed by atoms with Gasteiger partial charge in [-0.15, -0.1) is 0 Å². The topological polar surface area (TPSA) is 96.8 Å². The van der Waals surface area contributed by atoms with Gasteiger partial charge in [0.2, 0.25) is 5.95 Å². The Labute approximate surface area is 163 Å². The van der Waals surface area contributed by atoms with Crippen LogP contribution in [0.4, 0.5) is 10.3 Å². The Balaban J connectivity index is 1.66. The van der Waals surface area contributed by atoms with Gasteiger partial charge in [-0.3, -0.25) is 24.7 Å². The van der Waals surface area contributed by atoms with Crippen molar-refractivity contribution in [2.45, 2.75) is 6.54 Å². The fraction of sp³-hybridized carbons (Fsp3) is 0.0476. The Morgan fingerprint density at radius 3 is 2.59 bits per heavy atom. The fourth-order valence-corrected chi connectivity index (χ4v) is 3.07. The number of ketones is 1. The van der Waals surface area contributed by atoms with Gasteiger partial charge in [0.05, 0.1) is 5.56 Å². The van der Waals surface area contributed by atoms with Gasteiger partial charge in [-0.05, 0) is 23.8 Å². The van der Waals surface area contributed by atoms with Crippen molar-refractivity contribution >= 4 is 28.5 Å². The highest BCUT2D eigenvalue weighted by Gasteiger charge is 2.22. The molecule has 1 amide bonds. The number of nitrogens with one attached hydrogen (secondary N) is 2. The number of fused-ring (bicyclic) bond motifs is 1. The van der Waals surface area contributed by atoms with E-state index in [9.17, 15) is 18.8 Å². The summed E-state index contributed by atoms with van der Waals surface area (Å²) in [6, 6.07) is 14.4. The third kappa shape index (κ3) is 3.81. The van der Waals surface area contributed by atoms with E-state index in [0.29, 0.717) is 11.9 Å². The number of aromatic amines is 1. The minimum absolute atomic E-state index is 0.106. The molecular formula is C21H15FN4O3. The third-order valence-corrected chi connectivity index (χ3v) is 4.41. The number of nitrogens with zero attached hydrogens (tertiary/aromatic N) is 2. The van der Waals surface area contributed by atoms with Crippen LogP contribution in [0.25, 0.3) is 10.9 Å². The minimum Gasteiger partial charge on any atom is -0.342 e. The zero-order chi connectivity index (χ0) is 20.4. The zero-order valence-corrected chi connectivity index (χ0v) is 15.1. The summed E-state index contributed by atoms with van der Waals surface area (Å²) >= 11 is 0. The first-order valence-corrected chi connectivity index (χ1v) is 8.74. The first-order chi connectivity index (χ1) is 14.0. The molecule has 4 aromatic rings. The van der Waals surface area contributed by atoms with E-state index in [1.807, 2.05) is 16.7 Å². The van der Waals surface area contributed by atoms with Crippen LogP contribution in [0.1, 0.15) is 15.9 Å². The van der Waals surface area contributed by atoms with Crippen molar-refractivity contribution in [2.75, 3.05) is 5.32 Å². The van der Waals surface area contributed by atoms with Crippen LogP contribution in [-0.2, 0) is 11.3 Å². The van der Waals surface area contributed by atoms with Crippen LogP contribution in [0, 0.1) is 5.82 Å². The van der Waals surface area contributed by atoms with Gasteiger partial charge in [0.15, 0.2) is 0 Å².